The van der Waals surface area contributed by atoms with Crippen molar-refractivity contribution in [3.8, 4) is 17.0 Å². The Morgan fingerprint density at radius 2 is 1.88 bits per heavy atom. The second kappa shape index (κ2) is 9.96. The summed E-state index contributed by atoms with van der Waals surface area (Å²) in [6.45, 7) is -0.261. The monoisotopic (exact) mass is 588 g/mol. The number of aliphatic hydroxyl groups is 1. The van der Waals surface area contributed by atoms with Crippen LogP contribution >= 0.6 is 11.6 Å². The minimum Gasteiger partial charge on any atom is -0.489 e. The predicted octanol–water partition coefficient (Wildman–Crippen LogP) is 4.40. The lowest BCUT2D eigenvalue weighted by molar-refractivity contribution is -0.265. The lowest BCUT2D eigenvalue weighted by Crippen LogP contribution is -2.51. The molecule has 0 fully saturated rings. The highest BCUT2D eigenvalue weighted by Gasteiger charge is 2.57. The minimum absolute atomic E-state index is 0.0327. The smallest absolute Gasteiger partial charge is 0.424 e. The molecule has 0 radical (unpaired) electrons. The number of hydrogen-bond acceptors (Lipinski definition) is 6. The van der Waals surface area contributed by atoms with Gasteiger partial charge in [-0.1, -0.05) is 17.7 Å². The molecule has 3 heterocycles. The van der Waals surface area contributed by atoms with Crippen LogP contribution < -0.4 is 15.8 Å². The molecule has 0 aliphatic carbocycles. The third-order valence-corrected chi connectivity index (χ3v) is 7.34. The van der Waals surface area contributed by atoms with Gasteiger partial charge in [-0.15, -0.1) is 0 Å². The summed E-state index contributed by atoms with van der Waals surface area (Å²) in [4.78, 5) is 33.5. The van der Waals surface area contributed by atoms with Gasteiger partial charge in [-0.05, 0) is 55.5 Å². The maximum Gasteiger partial charge on any atom is 0.424 e. The van der Waals surface area contributed by atoms with E-state index in [-0.39, 0.29) is 39.8 Å². The molecule has 2 atom stereocenters. The number of benzene rings is 2. The molecule has 0 saturated carbocycles. The van der Waals surface area contributed by atoms with Crippen molar-refractivity contribution >= 4 is 34.3 Å². The Morgan fingerprint density at radius 3 is 2.54 bits per heavy atom. The first-order valence-electron chi connectivity index (χ1n) is 12.1. The number of carbonyl (C=O) groups excluding carboxylic acids is 2. The number of pyridine rings is 2. The lowest BCUT2D eigenvalue weighted by Gasteiger charge is -2.31. The molecule has 1 aliphatic heterocycles. The van der Waals surface area contributed by atoms with E-state index in [2.05, 4.69) is 15.3 Å². The standard InChI is InChI=1S/C28H21ClF4N4O4/c1-26(25(34)39)13-41-23-18(26)11-20(37-22(23)14-4-6-17(30)7-5-14)27(40,28(31,32)33)12-36-24(38)16-9-15-3-2-8-35-21(15)19(29)10-16/h2-11,40H,12-13H2,1H3,(H2,34,39)(H,36,38)/t26-,27?/m0/s1. The Labute approximate surface area is 235 Å². The summed E-state index contributed by atoms with van der Waals surface area (Å²) in [5.41, 5.74) is -0.379. The van der Waals surface area contributed by atoms with E-state index in [1.807, 2.05) is 0 Å². The minimum atomic E-state index is -5.35. The molecular weight excluding hydrogens is 568 g/mol. The van der Waals surface area contributed by atoms with Crippen molar-refractivity contribution in [1.82, 2.24) is 15.3 Å². The highest BCUT2D eigenvalue weighted by Crippen LogP contribution is 2.47. The van der Waals surface area contributed by atoms with Crippen LogP contribution in [-0.4, -0.2) is 46.2 Å². The van der Waals surface area contributed by atoms with E-state index >= 15 is 0 Å². The third-order valence-electron chi connectivity index (χ3n) is 7.05. The van der Waals surface area contributed by atoms with Crippen molar-refractivity contribution in [2.24, 2.45) is 5.73 Å². The number of amides is 2. The van der Waals surface area contributed by atoms with Gasteiger partial charge in [0.2, 0.25) is 11.5 Å². The average Bonchev–Trinajstić information content (AvgIpc) is 3.28. The maximum atomic E-state index is 14.6. The highest BCUT2D eigenvalue weighted by molar-refractivity contribution is 6.35. The number of nitrogens with one attached hydrogen (secondary N) is 1. The molecule has 4 aromatic rings. The zero-order chi connectivity index (χ0) is 29.7. The van der Waals surface area contributed by atoms with Crippen molar-refractivity contribution < 1.29 is 37.0 Å². The molecule has 8 nitrogen and oxygen atoms in total. The molecule has 41 heavy (non-hydrogen) atoms. The molecule has 0 spiro atoms. The number of alkyl halides is 3. The average molecular weight is 589 g/mol. The molecule has 1 unspecified atom stereocenters. The van der Waals surface area contributed by atoms with Crippen molar-refractivity contribution in [3.63, 3.8) is 0 Å². The number of ether oxygens (including phenoxy) is 1. The molecule has 2 aromatic heterocycles. The molecule has 212 valence electrons. The number of fused-ring (bicyclic) bond motifs is 2. The fourth-order valence-corrected chi connectivity index (χ4v) is 4.80. The van der Waals surface area contributed by atoms with Gasteiger partial charge in [-0.25, -0.2) is 9.37 Å². The number of nitrogens with zero attached hydrogens (tertiary/aromatic N) is 2. The lowest BCUT2D eigenvalue weighted by atomic mass is 9.81. The summed E-state index contributed by atoms with van der Waals surface area (Å²) in [7, 11) is 0. The van der Waals surface area contributed by atoms with Gasteiger partial charge in [0.1, 0.15) is 29.3 Å². The van der Waals surface area contributed by atoms with Gasteiger partial charge in [0, 0.05) is 28.3 Å². The molecule has 0 bridgehead atoms. The van der Waals surface area contributed by atoms with Crippen LogP contribution in [-0.2, 0) is 15.8 Å². The Kier molecular flexibility index (Phi) is 6.86. The Morgan fingerprint density at radius 1 is 1.17 bits per heavy atom. The van der Waals surface area contributed by atoms with Gasteiger partial charge >= 0.3 is 6.18 Å². The second-order valence-electron chi connectivity index (χ2n) is 9.80. The Bertz CT molecular complexity index is 1700. The first-order chi connectivity index (χ1) is 19.2. The van der Waals surface area contributed by atoms with Crippen LogP contribution in [0, 0.1) is 5.82 Å². The van der Waals surface area contributed by atoms with E-state index in [0.29, 0.717) is 10.9 Å². The Hall–Kier alpha value is -4.29. The largest absolute Gasteiger partial charge is 0.489 e. The highest BCUT2D eigenvalue weighted by atomic mass is 35.5. The Balaban J connectivity index is 1.59. The van der Waals surface area contributed by atoms with Crippen LogP contribution in [0.5, 0.6) is 5.75 Å². The first-order valence-corrected chi connectivity index (χ1v) is 12.5. The van der Waals surface area contributed by atoms with Gasteiger partial charge in [-0.3, -0.25) is 14.6 Å². The van der Waals surface area contributed by atoms with Crippen LogP contribution in [0.4, 0.5) is 17.6 Å². The summed E-state index contributed by atoms with van der Waals surface area (Å²) in [6.07, 6.45) is -3.86. The molecule has 2 amide bonds. The summed E-state index contributed by atoms with van der Waals surface area (Å²) in [5, 5.41) is 13.8. The number of rotatable bonds is 6. The van der Waals surface area contributed by atoms with E-state index in [4.69, 9.17) is 22.1 Å². The fraction of sp³-hybridized carbons (Fsp3) is 0.214. The molecule has 13 heteroatoms. The molecule has 4 N–H and O–H groups in total. The van der Waals surface area contributed by atoms with Crippen molar-refractivity contribution in [3.05, 3.63) is 88.5 Å². The number of nitrogens with two attached hydrogens (primary N) is 1. The number of primary amides is 1. The first kappa shape index (κ1) is 28.2. The summed E-state index contributed by atoms with van der Waals surface area (Å²) >= 11 is 6.20. The van der Waals surface area contributed by atoms with Crippen LogP contribution in [0.15, 0.2) is 60.8 Å². The van der Waals surface area contributed by atoms with Crippen LogP contribution in [0.1, 0.15) is 28.5 Å². The molecule has 5 rings (SSSR count). The van der Waals surface area contributed by atoms with E-state index in [1.165, 1.54) is 37.4 Å². The van der Waals surface area contributed by atoms with Crippen LogP contribution in [0.2, 0.25) is 5.02 Å². The van der Waals surface area contributed by atoms with E-state index in [1.54, 1.807) is 12.1 Å². The van der Waals surface area contributed by atoms with Crippen molar-refractivity contribution in [2.45, 2.75) is 24.1 Å². The zero-order valence-electron chi connectivity index (χ0n) is 21.2. The number of hydrogen-bond donors (Lipinski definition) is 3. The van der Waals surface area contributed by atoms with Crippen molar-refractivity contribution in [2.75, 3.05) is 13.2 Å². The van der Waals surface area contributed by atoms with Gasteiger partial charge in [0.25, 0.3) is 5.91 Å². The van der Waals surface area contributed by atoms with E-state index in [9.17, 15) is 32.3 Å². The van der Waals surface area contributed by atoms with Crippen molar-refractivity contribution in [1.29, 1.82) is 0 Å². The van der Waals surface area contributed by atoms with Crippen LogP contribution in [0.3, 0.4) is 0 Å². The second-order valence-corrected chi connectivity index (χ2v) is 10.2. The maximum absolute atomic E-state index is 14.6. The topological polar surface area (TPSA) is 127 Å². The summed E-state index contributed by atoms with van der Waals surface area (Å²) in [6, 6.07) is 11.4. The zero-order valence-corrected chi connectivity index (χ0v) is 22.0. The number of halogens is 5. The van der Waals surface area contributed by atoms with Gasteiger partial charge in [-0.2, -0.15) is 13.2 Å². The summed E-state index contributed by atoms with van der Waals surface area (Å²) < 4.78 is 62.9. The van der Waals surface area contributed by atoms with Crippen LogP contribution in [0.25, 0.3) is 22.2 Å². The van der Waals surface area contributed by atoms with E-state index < -0.39 is 47.1 Å². The van der Waals surface area contributed by atoms with Gasteiger partial charge in [0.05, 0.1) is 22.8 Å². The molecule has 1 aliphatic rings. The SMILES string of the molecule is C[C@]1(C(N)=O)COc2c1cc(C(O)(CNC(=O)c1cc(Cl)c3ncccc3c1)C(F)(F)F)nc2-c1ccc(F)cc1. The molecule has 2 aromatic carbocycles. The fourth-order valence-electron chi connectivity index (χ4n) is 4.53. The molecule has 0 saturated heterocycles. The number of carbonyl (C=O) groups is 2. The number of aromatic nitrogens is 2. The molecular formula is C28H21ClF4N4O4. The summed E-state index contributed by atoms with van der Waals surface area (Å²) in [5.74, 6) is -2.48. The normalized spacial score (nSPS) is 17.9. The van der Waals surface area contributed by atoms with E-state index in [0.717, 1.165) is 18.2 Å². The predicted molar refractivity (Wildman–Crippen MR) is 141 cm³/mol. The quantitative estimate of drug-likeness (QED) is 0.287. The van der Waals surface area contributed by atoms with Gasteiger partial charge in [0.15, 0.2) is 0 Å². The third kappa shape index (κ3) is 4.82. The van der Waals surface area contributed by atoms with Gasteiger partial charge < -0.3 is 20.9 Å².